The molecule has 5 nitrogen and oxygen atoms in total. The number of anilines is 1. The van der Waals surface area contributed by atoms with Crippen LogP contribution in [-0.2, 0) is 4.79 Å². The molecule has 0 atom stereocenters. The van der Waals surface area contributed by atoms with Gasteiger partial charge in [0.25, 0.3) is 0 Å². The third kappa shape index (κ3) is 3.68. The number of halogens is 1. The highest BCUT2D eigenvalue weighted by atomic mass is 35.5. The summed E-state index contributed by atoms with van der Waals surface area (Å²) >= 11 is 7.01. The number of nitrogens with zero attached hydrogens (tertiary/aromatic N) is 2. The molecule has 0 unspecified atom stereocenters. The molecule has 0 aliphatic rings. The molecule has 0 fully saturated rings. The summed E-state index contributed by atoms with van der Waals surface area (Å²) in [6.45, 7) is 1.96. The molecule has 0 radical (unpaired) electrons. The molecule has 106 valence electrons. The lowest BCUT2D eigenvalue weighted by Crippen LogP contribution is -2.12. The average Bonchev–Trinajstić information content (AvgIpc) is 2.80. The molecule has 1 amide bonds. The average molecular weight is 311 g/mol. The number of aromatic nitrogens is 1. The lowest BCUT2D eigenvalue weighted by Gasteiger charge is -1.97. The summed E-state index contributed by atoms with van der Waals surface area (Å²) in [6.07, 6.45) is 1.31. The lowest BCUT2D eigenvalue weighted by atomic mass is 10.3. The van der Waals surface area contributed by atoms with Crippen molar-refractivity contribution < 1.29 is 4.79 Å². The Morgan fingerprint density at radius 1 is 1.55 bits per heavy atom. The summed E-state index contributed by atoms with van der Waals surface area (Å²) in [6, 6.07) is 5.54. The second-order valence-corrected chi connectivity index (χ2v) is 5.50. The van der Waals surface area contributed by atoms with E-state index in [1.165, 1.54) is 11.3 Å². The molecule has 2 aromatic rings. The summed E-state index contributed by atoms with van der Waals surface area (Å²) in [5, 5.41) is 3.39. The van der Waals surface area contributed by atoms with Crippen LogP contribution in [0.2, 0.25) is 0 Å². The molecule has 3 N–H and O–H groups in total. The van der Waals surface area contributed by atoms with Crippen LogP contribution in [0.3, 0.4) is 0 Å². The first-order valence-corrected chi connectivity index (χ1v) is 7.57. The Bertz CT molecular complexity index is 653. The zero-order valence-corrected chi connectivity index (χ0v) is 12.6. The normalized spacial score (nSPS) is 11.8. The predicted molar refractivity (Wildman–Crippen MR) is 85.2 cm³/mol. The first kappa shape index (κ1) is 14.7. The molecule has 0 saturated heterocycles. The molecule has 0 saturated carbocycles. The minimum Gasteiger partial charge on any atom is -0.386 e. The topological polar surface area (TPSA) is 80.4 Å². The van der Waals surface area contributed by atoms with E-state index in [9.17, 15) is 4.79 Å². The van der Waals surface area contributed by atoms with Crippen LogP contribution in [0.4, 0.5) is 10.8 Å². The summed E-state index contributed by atoms with van der Waals surface area (Å²) < 4.78 is 0.945. The maximum Gasteiger partial charge on any atom is 0.226 e. The zero-order valence-electron chi connectivity index (χ0n) is 11.0. The predicted octanol–water partition coefficient (Wildman–Crippen LogP) is 3.26. The van der Waals surface area contributed by atoms with Gasteiger partial charge in [-0.1, -0.05) is 18.3 Å². The van der Waals surface area contributed by atoms with E-state index in [4.69, 9.17) is 17.3 Å². The van der Waals surface area contributed by atoms with Crippen molar-refractivity contribution >= 4 is 55.7 Å². The second-order valence-electron chi connectivity index (χ2n) is 4.21. The Kier molecular flexibility index (Phi) is 4.92. The first-order chi connectivity index (χ1) is 9.62. The van der Waals surface area contributed by atoms with Gasteiger partial charge in [-0.2, -0.15) is 0 Å². The fourth-order valence-electron chi connectivity index (χ4n) is 1.64. The van der Waals surface area contributed by atoms with Gasteiger partial charge >= 0.3 is 0 Å². The summed E-state index contributed by atoms with van der Waals surface area (Å²) in [7, 11) is 0. The van der Waals surface area contributed by atoms with Crippen molar-refractivity contribution in [3.63, 3.8) is 0 Å². The molecule has 1 aromatic carbocycles. The van der Waals surface area contributed by atoms with Gasteiger partial charge in [0.2, 0.25) is 5.91 Å². The van der Waals surface area contributed by atoms with Crippen LogP contribution in [0.25, 0.3) is 10.2 Å². The largest absolute Gasteiger partial charge is 0.386 e. The monoisotopic (exact) mass is 310 g/mol. The number of aliphatic imine (C=N–C) groups is 1. The van der Waals surface area contributed by atoms with E-state index in [0.29, 0.717) is 17.4 Å². The SMILES string of the molecule is CCCC(=O)Nc1nc2ccc(N=C(N)CCl)cc2s1. The Balaban J connectivity index is 2.23. The molecule has 2 rings (SSSR count). The minimum absolute atomic E-state index is 0.0174. The van der Waals surface area contributed by atoms with Crippen LogP contribution in [0.15, 0.2) is 23.2 Å². The van der Waals surface area contributed by atoms with Crippen LogP contribution in [0, 0.1) is 0 Å². The van der Waals surface area contributed by atoms with E-state index in [2.05, 4.69) is 15.3 Å². The number of amidine groups is 1. The number of hydrogen-bond acceptors (Lipinski definition) is 4. The van der Waals surface area contributed by atoms with Gasteiger partial charge in [-0.3, -0.25) is 4.79 Å². The summed E-state index contributed by atoms with van der Waals surface area (Å²) in [4.78, 5) is 20.1. The van der Waals surface area contributed by atoms with Crippen molar-refractivity contribution in [2.24, 2.45) is 10.7 Å². The van der Waals surface area contributed by atoms with Crippen LogP contribution in [0.1, 0.15) is 19.8 Å². The van der Waals surface area contributed by atoms with E-state index in [0.717, 1.165) is 22.3 Å². The molecule has 1 heterocycles. The van der Waals surface area contributed by atoms with Crippen molar-refractivity contribution in [2.75, 3.05) is 11.2 Å². The maximum atomic E-state index is 11.5. The van der Waals surface area contributed by atoms with Gasteiger partial charge in [0.15, 0.2) is 5.13 Å². The van der Waals surface area contributed by atoms with Gasteiger partial charge in [-0.15, -0.1) is 11.6 Å². The molecule has 0 aliphatic heterocycles. The Morgan fingerprint density at radius 3 is 3.05 bits per heavy atom. The van der Waals surface area contributed by atoms with Gasteiger partial charge in [-0.25, -0.2) is 9.98 Å². The fraction of sp³-hybridized carbons (Fsp3) is 0.308. The summed E-state index contributed by atoms with van der Waals surface area (Å²) in [5.74, 6) is 0.544. The molecule has 1 aromatic heterocycles. The number of rotatable bonds is 5. The van der Waals surface area contributed by atoms with Crippen LogP contribution in [0.5, 0.6) is 0 Å². The van der Waals surface area contributed by atoms with Gasteiger partial charge in [0, 0.05) is 6.42 Å². The third-order valence-electron chi connectivity index (χ3n) is 2.51. The highest BCUT2D eigenvalue weighted by Gasteiger charge is 2.07. The number of carbonyl (C=O) groups excluding carboxylic acids is 1. The highest BCUT2D eigenvalue weighted by molar-refractivity contribution is 7.22. The van der Waals surface area contributed by atoms with Crippen LogP contribution >= 0.6 is 22.9 Å². The number of hydrogen-bond donors (Lipinski definition) is 2. The Labute approximate surface area is 125 Å². The van der Waals surface area contributed by atoms with Gasteiger partial charge in [0.1, 0.15) is 5.84 Å². The number of fused-ring (bicyclic) bond motifs is 1. The summed E-state index contributed by atoms with van der Waals surface area (Å²) in [5.41, 5.74) is 7.15. The molecule has 20 heavy (non-hydrogen) atoms. The first-order valence-electron chi connectivity index (χ1n) is 6.21. The third-order valence-corrected chi connectivity index (χ3v) is 3.71. The van der Waals surface area contributed by atoms with Crippen molar-refractivity contribution in [1.29, 1.82) is 0 Å². The highest BCUT2D eigenvalue weighted by Crippen LogP contribution is 2.29. The minimum atomic E-state index is -0.0174. The molecule has 7 heteroatoms. The fourth-order valence-corrected chi connectivity index (χ4v) is 2.62. The molecule has 0 aliphatic carbocycles. The Hall–Kier alpha value is -1.66. The smallest absolute Gasteiger partial charge is 0.226 e. The molecule has 0 spiro atoms. The number of alkyl halides is 1. The van der Waals surface area contributed by atoms with E-state index in [1.807, 2.05) is 25.1 Å². The number of thiazole rings is 1. The number of nitrogens with two attached hydrogens (primary N) is 1. The maximum absolute atomic E-state index is 11.5. The van der Waals surface area contributed by atoms with Gasteiger partial charge < -0.3 is 11.1 Å². The number of carbonyl (C=O) groups is 1. The molecule has 0 bridgehead atoms. The van der Waals surface area contributed by atoms with E-state index in [1.54, 1.807) is 0 Å². The van der Waals surface area contributed by atoms with E-state index < -0.39 is 0 Å². The quantitative estimate of drug-likeness (QED) is 0.505. The van der Waals surface area contributed by atoms with E-state index >= 15 is 0 Å². The van der Waals surface area contributed by atoms with Crippen molar-refractivity contribution in [2.45, 2.75) is 19.8 Å². The Morgan fingerprint density at radius 2 is 2.35 bits per heavy atom. The second kappa shape index (κ2) is 6.67. The van der Waals surface area contributed by atoms with Crippen LogP contribution < -0.4 is 11.1 Å². The standard InChI is InChI=1S/C13H15ClN4OS/c1-2-3-12(19)18-13-17-9-5-4-8(6-10(9)20-13)16-11(15)7-14/h4-6H,2-3,7H2,1H3,(H2,15,16)(H,17,18,19). The van der Waals surface area contributed by atoms with Gasteiger partial charge in [-0.05, 0) is 24.6 Å². The zero-order chi connectivity index (χ0) is 14.5. The van der Waals surface area contributed by atoms with Crippen molar-refractivity contribution in [3.8, 4) is 0 Å². The molecular formula is C13H15ClN4OS. The molecular weight excluding hydrogens is 296 g/mol. The number of benzene rings is 1. The van der Waals surface area contributed by atoms with E-state index in [-0.39, 0.29) is 11.8 Å². The van der Waals surface area contributed by atoms with Gasteiger partial charge in [0.05, 0.1) is 21.8 Å². The number of nitrogens with one attached hydrogen (secondary N) is 1. The van der Waals surface area contributed by atoms with Crippen molar-refractivity contribution in [1.82, 2.24) is 4.98 Å². The lowest BCUT2D eigenvalue weighted by molar-refractivity contribution is -0.116. The van der Waals surface area contributed by atoms with Crippen LogP contribution in [-0.4, -0.2) is 22.6 Å². The van der Waals surface area contributed by atoms with Crippen molar-refractivity contribution in [3.05, 3.63) is 18.2 Å². The number of amides is 1.